The standard InChI is InChI=1S/C17H18N4O4/c22-15-10-21(8-11-3-1-2-4-12(11)17(24)25)9-14(15)20-16(23)13-7-18-5-6-19-13/h1-7,14-15,22H,8-10H2,(H,20,23)(H,24,25)/t14-,15-/m1/s1. The molecule has 3 rings (SSSR count). The summed E-state index contributed by atoms with van der Waals surface area (Å²) in [7, 11) is 0. The minimum Gasteiger partial charge on any atom is -0.478 e. The predicted octanol–water partition coefficient (Wildman–Crippen LogP) is 0.150. The molecular formula is C17H18N4O4. The van der Waals surface area contributed by atoms with Gasteiger partial charge in [0.1, 0.15) is 5.69 Å². The van der Waals surface area contributed by atoms with Gasteiger partial charge in [0.2, 0.25) is 0 Å². The molecule has 1 saturated heterocycles. The van der Waals surface area contributed by atoms with Crippen LogP contribution < -0.4 is 5.32 Å². The van der Waals surface area contributed by atoms with Gasteiger partial charge in [0, 0.05) is 32.0 Å². The molecular weight excluding hydrogens is 324 g/mol. The Morgan fingerprint density at radius 1 is 1.24 bits per heavy atom. The fourth-order valence-corrected chi connectivity index (χ4v) is 2.90. The van der Waals surface area contributed by atoms with Gasteiger partial charge in [0.15, 0.2) is 0 Å². The molecule has 8 heteroatoms. The van der Waals surface area contributed by atoms with Crippen molar-refractivity contribution >= 4 is 11.9 Å². The number of benzene rings is 1. The Labute approximate surface area is 144 Å². The number of hydrogen-bond donors (Lipinski definition) is 3. The van der Waals surface area contributed by atoms with Crippen LogP contribution in [0.15, 0.2) is 42.9 Å². The van der Waals surface area contributed by atoms with E-state index in [2.05, 4.69) is 15.3 Å². The molecule has 2 heterocycles. The number of carbonyl (C=O) groups is 2. The first-order valence-electron chi connectivity index (χ1n) is 7.83. The van der Waals surface area contributed by atoms with Crippen LogP contribution in [-0.2, 0) is 6.54 Å². The van der Waals surface area contributed by atoms with Gasteiger partial charge in [0.05, 0.1) is 23.9 Å². The molecule has 1 aliphatic rings. The number of carboxylic acid groups (broad SMARTS) is 1. The summed E-state index contributed by atoms with van der Waals surface area (Å²) < 4.78 is 0. The fraction of sp³-hybridized carbons (Fsp3) is 0.294. The lowest BCUT2D eigenvalue weighted by Gasteiger charge is -2.17. The van der Waals surface area contributed by atoms with E-state index in [0.29, 0.717) is 25.2 Å². The maximum Gasteiger partial charge on any atom is 0.336 e. The summed E-state index contributed by atoms with van der Waals surface area (Å²) in [5.41, 5.74) is 1.09. The average Bonchev–Trinajstić information content (AvgIpc) is 2.95. The first kappa shape index (κ1) is 17.0. The van der Waals surface area contributed by atoms with Crippen LogP contribution in [0.4, 0.5) is 0 Å². The third-order valence-electron chi connectivity index (χ3n) is 4.12. The molecule has 2 atom stereocenters. The van der Waals surface area contributed by atoms with Gasteiger partial charge in [-0.05, 0) is 11.6 Å². The summed E-state index contributed by atoms with van der Waals surface area (Å²) in [6.45, 7) is 1.15. The second-order valence-corrected chi connectivity index (χ2v) is 5.89. The zero-order valence-electron chi connectivity index (χ0n) is 13.4. The first-order valence-corrected chi connectivity index (χ1v) is 7.83. The molecule has 0 spiro atoms. The van der Waals surface area contributed by atoms with E-state index >= 15 is 0 Å². The molecule has 25 heavy (non-hydrogen) atoms. The predicted molar refractivity (Wildman–Crippen MR) is 88.0 cm³/mol. The molecule has 1 amide bonds. The van der Waals surface area contributed by atoms with Crippen molar-refractivity contribution in [1.29, 1.82) is 0 Å². The number of aliphatic hydroxyl groups is 1. The highest BCUT2D eigenvalue weighted by Gasteiger charge is 2.33. The second-order valence-electron chi connectivity index (χ2n) is 5.89. The SMILES string of the molecule is O=C(N[C@@H]1CN(Cc2ccccc2C(=O)O)C[C@H]1O)c1cnccn1. The van der Waals surface area contributed by atoms with Gasteiger partial charge in [-0.15, -0.1) is 0 Å². The van der Waals surface area contributed by atoms with E-state index in [9.17, 15) is 19.8 Å². The zero-order valence-corrected chi connectivity index (χ0v) is 13.4. The van der Waals surface area contributed by atoms with E-state index in [1.54, 1.807) is 24.3 Å². The Balaban J connectivity index is 1.64. The van der Waals surface area contributed by atoms with E-state index in [0.717, 1.165) is 0 Å². The molecule has 2 aromatic rings. The summed E-state index contributed by atoms with van der Waals surface area (Å²) in [5, 5.41) is 22.2. The fourth-order valence-electron chi connectivity index (χ4n) is 2.90. The van der Waals surface area contributed by atoms with E-state index in [1.807, 2.05) is 4.90 Å². The van der Waals surface area contributed by atoms with Crippen molar-refractivity contribution in [2.24, 2.45) is 0 Å². The molecule has 1 aromatic heterocycles. The highest BCUT2D eigenvalue weighted by atomic mass is 16.4. The number of aromatic nitrogens is 2. The number of amides is 1. The zero-order chi connectivity index (χ0) is 17.8. The molecule has 0 unspecified atom stereocenters. The number of likely N-dealkylation sites (tertiary alicyclic amines) is 1. The number of aromatic carboxylic acids is 1. The van der Waals surface area contributed by atoms with Gasteiger partial charge in [-0.2, -0.15) is 0 Å². The minimum atomic E-state index is -0.983. The van der Waals surface area contributed by atoms with Gasteiger partial charge < -0.3 is 15.5 Å². The molecule has 0 saturated carbocycles. The molecule has 3 N–H and O–H groups in total. The van der Waals surface area contributed by atoms with E-state index in [1.165, 1.54) is 18.6 Å². The van der Waals surface area contributed by atoms with E-state index in [-0.39, 0.29) is 11.3 Å². The number of carbonyl (C=O) groups excluding carboxylic acids is 1. The normalized spacial score (nSPS) is 20.4. The first-order chi connectivity index (χ1) is 12.0. The number of rotatable bonds is 5. The minimum absolute atomic E-state index is 0.185. The monoisotopic (exact) mass is 342 g/mol. The Bertz CT molecular complexity index is 768. The number of nitrogens with zero attached hydrogens (tertiary/aromatic N) is 3. The van der Waals surface area contributed by atoms with Crippen LogP contribution in [0.3, 0.4) is 0 Å². The maximum absolute atomic E-state index is 12.1. The molecule has 1 aliphatic heterocycles. The molecule has 0 radical (unpaired) electrons. The quantitative estimate of drug-likeness (QED) is 0.708. The Morgan fingerprint density at radius 2 is 2.04 bits per heavy atom. The molecule has 8 nitrogen and oxygen atoms in total. The van der Waals surface area contributed by atoms with Crippen LogP contribution in [-0.4, -0.2) is 62.2 Å². The summed E-state index contributed by atoms with van der Waals surface area (Å²) in [6, 6.07) is 6.31. The van der Waals surface area contributed by atoms with Crippen molar-refractivity contribution < 1.29 is 19.8 Å². The molecule has 0 bridgehead atoms. The maximum atomic E-state index is 12.1. The Hall–Kier alpha value is -2.84. The van der Waals surface area contributed by atoms with Crippen molar-refractivity contribution in [3.05, 3.63) is 59.7 Å². The average molecular weight is 342 g/mol. The van der Waals surface area contributed by atoms with Crippen molar-refractivity contribution in [2.75, 3.05) is 13.1 Å². The van der Waals surface area contributed by atoms with Gasteiger partial charge in [-0.1, -0.05) is 18.2 Å². The Kier molecular flexibility index (Phi) is 5.01. The van der Waals surface area contributed by atoms with Crippen molar-refractivity contribution in [3.63, 3.8) is 0 Å². The van der Waals surface area contributed by atoms with E-state index < -0.39 is 24.0 Å². The lowest BCUT2D eigenvalue weighted by atomic mass is 10.1. The van der Waals surface area contributed by atoms with Gasteiger partial charge in [0.25, 0.3) is 5.91 Å². The molecule has 0 aliphatic carbocycles. The van der Waals surface area contributed by atoms with Gasteiger partial charge in [-0.3, -0.25) is 14.7 Å². The number of β-amino-alcohol motifs (C(OH)–C–C–N with tert-alkyl or cyclic N) is 1. The largest absolute Gasteiger partial charge is 0.478 e. The summed E-state index contributed by atoms with van der Waals surface area (Å²) in [4.78, 5) is 33.1. The third kappa shape index (κ3) is 3.98. The van der Waals surface area contributed by atoms with Gasteiger partial charge in [-0.25, -0.2) is 9.78 Å². The van der Waals surface area contributed by atoms with Crippen LogP contribution in [0, 0.1) is 0 Å². The smallest absolute Gasteiger partial charge is 0.336 e. The van der Waals surface area contributed by atoms with E-state index in [4.69, 9.17) is 0 Å². The molecule has 1 fully saturated rings. The summed E-state index contributed by atoms with van der Waals surface area (Å²) >= 11 is 0. The van der Waals surface area contributed by atoms with Crippen LogP contribution in [0.1, 0.15) is 26.4 Å². The number of aliphatic hydroxyl groups excluding tert-OH is 1. The van der Waals surface area contributed by atoms with Crippen LogP contribution in [0.25, 0.3) is 0 Å². The second kappa shape index (κ2) is 7.37. The lowest BCUT2D eigenvalue weighted by Crippen LogP contribution is -2.43. The summed E-state index contributed by atoms with van der Waals surface area (Å²) in [5.74, 6) is -1.38. The van der Waals surface area contributed by atoms with Gasteiger partial charge >= 0.3 is 5.97 Å². The topological polar surface area (TPSA) is 116 Å². The van der Waals surface area contributed by atoms with Crippen LogP contribution >= 0.6 is 0 Å². The number of hydrogen-bond acceptors (Lipinski definition) is 6. The molecule has 1 aromatic carbocycles. The van der Waals surface area contributed by atoms with Crippen molar-refractivity contribution in [2.45, 2.75) is 18.7 Å². The van der Waals surface area contributed by atoms with Crippen molar-refractivity contribution in [1.82, 2.24) is 20.2 Å². The lowest BCUT2D eigenvalue weighted by molar-refractivity contribution is 0.0694. The highest BCUT2D eigenvalue weighted by molar-refractivity contribution is 5.92. The third-order valence-corrected chi connectivity index (χ3v) is 4.12. The number of nitrogens with one attached hydrogen (secondary N) is 1. The van der Waals surface area contributed by atoms with Crippen LogP contribution in [0.5, 0.6) is 0 Å². The molecule has 130 valence electrons. The Morgan fingerprint density at radius 3 is 2.76 bits per heavy atom. The highest BCUT2D eigenvalue weighted by Crippen LogP contribution is 2.17. The summed E-state index contributed by atoms with van der Waals surface area (Å²) in [6.07, 6.45) is 3.52. The van der Waals surface area contributed by atoms with Crippen molar-refractivity contribution in [3.8, 4) is 0 Å². The van der Waals surface area contributed by atoms with Crippen LogP contribution in [0.2, 0.25) is 0 Å². The number of carboxylic acids is 1.